The number of halogens is 1. The fraction of sp³-hybridized carbons (Fsp3) is 0.536. The first-order chi connectivity index (χ1) is 18.5. The lowest BCUT2D eigenvalue weighted by atomic mass is 10.1. The van der Waals surface area contributed by atoms with Crippen LogP contribution < -0.4 is 10.4 Å². The van der Waals surface area contributed by atoms with Crippen molar-refractivity contribution < 1.29 is 14.7 Å². The molecule has 0 radical (unpaired) electrons. The van der Waals surface area contributed by atoms with Crippen molar-refractivity contribution in [3.63, 3.8) is 0 Å². The number of carbonyl (C=O) groups excluding carboxylic acids is 1. The summed E-state index contributed by atoms with van der Waals surface area (Å²) in [6.45, 7) is 10.5. The number of aromatic nitrogens is 2. The maximum Gasteiger partial charge on any atom is 0.407 e. The summed E-state index contributed by atoms with van der Waals surface area (Å²) in [5, 5.41) is 20.7. The number of rotatable bonds is 11. The van der Waals surface area contributed by atoms with Crippen molar-refractivity contribution >= 4 is 29.4 Å². The number of hydrogen-bond donors (Lipinski definition) is 2. The van der Waals surface area contributed by atoms with Gasteiger partial charge in [-0.15, -0.1) is 0 Å². The highest BCUT2D eigenvalue weighted by molar-refractivity contribution is 6.32. The molecule has 0 spiro atoms. The number of benzene rings is 1. The van der Waals surface area contributed by atoms with E-state index in [1.165, 1.54) is 11.1 Å². The van der Waals surface area contributed by atoms with Crippen molar-refractivity contribution in [2.24, 2.45) is 0 Å². The molecule has 1 heterocycles. The molecule has 3 rings (SSSR count). The zero-order valence-corrected chi connectivity index (χ0v) is 23.9. The van der Waals surface area contributed by atoms with Gasteiger partial charge in [0.1, 0.15) is 11.1 Å². The number of nitrogens with one attached hydrogen (secondary N) is 1. The molecule has 0 aliphatic heterocycles. The number of nitrogens with zero attached hydrogens (tertiary/aromatic N) is 6. The molecule has 0 unspecified atom stereocenters. The highest BCUT2D eigenvalue weighted by Gasteiger charge is 2.28. The number of carboxylic acid groups (broad SMARTS) is 1. The topological polar surface area (TPSA) is 126 Å². The molecule has 2 aromatic rings. The van der Waals surface area contributed by atoms with Crippen LogP contribution in [0.2, 0.25) is 5.02 Å². The third-order valence-electron chi connectivity index (χ3n) is 6.93. The summed E-state index contributed by atoms with van der Waals surface area (Å²) >= 11 is 6.37. The second kappa shape index (κ2) is 13.6. The molecule has 1 fully saturated rings. The van der Waals surface area contributed by atoms with Gasteiger partial charge in [-0.25, -0.2) is 9.78 Å². The molecule has 0 atom stereocenters. The quantitative estimate of drug-likeness (QED) is 0.367. The second-order valence-electron chi connectivity index (χ2n) is 10.8. The normalized spacial score (nSPS) is 13.8. The summed E-state index contributed by atoms with van der Waals surface area (Å²) in [6, 6.07) is 9.40. The Balaban J connectivity index is 1.64. The Kier molecular flexibility index (Phi) is 10.5. The molecule has 1 aliphatic carbocycles. The van der Waals surface area contributed by atoms with Crippen LogP contribution in [-0.4, -0.2) is 68.1 Å². The summed E-state index contributed by atoms with van der Waals surface area (Å²) in [6.07, 6.45) is 5.05. The predicted octanol–water partition coefficient (Wildman–Crippen LogP) is 5.09. The number of amides is 2. The summed E-state index contributed by atoms with van der Waals surface area (Å²) in [5.74, 6) is 0.0297. The van der Waals surface area contributed by atoms with Gasteiger partial charge in [0, 0.05) is 30.7 Å². The smallest absolute Gasteiger partial charge is 0.407 e. The minimum atomic E-state index is -0.904. The van der Waals surface area contributed by atoms with Gasteiger partial charge in [-0.05, 0) is 64.3 Å². The van der Waals surface area contributed by atoms with Gasteiger partial charge in [0.05, 0.1) is 12.2 Å². The van der Waals surface area contributed by atoms with Crippen LogP contribution in [0.15, 0.2) is 30.5 Å². The zero-order valence-electron chi connectivity index (χ0n) is 23.2. The molecule has 2 amide bonds. The van der Waals surface area contributed by atoms with Crippen molar-refractivity contribution in [1.82, 2.24) is 25.2 Å². The van der Waals surface area contributed by atoms with Gasteiger partial charge in [0.15, 0.2) is 5.82 Å². The van der Waals surface area contributed by atoms with Gasteiger partial charge in [-0.3, -0.25) is 20.1 Å². The molecule has 1 aromatic carbocycles. The average Bonchev–Trinajstić information content (AvgIpc) is 3.43. The molecule has 1 aromatic heterocycles. The largest absolute Gasteiger partial charge is 0.465 e. The van der Waals surface area contributed by atoms with E-state index in [1.54, 1.807) is 17.1 Å². The summed E-state index contributed by atoms with van der Waals surface area (Å²) in [7, 11) is 0. The Bertz CT molecular complexity index is 1170. The van der Waals surface area contributed by atoms with E-state index in [4.69, 9.17) is 11.6 Å². The van der Waals surface area contributed by atoms with Crippen LogP contribution in [0, 0.1) is 11.3 Å². The Morgan fingerprint density at radius 3 is 2.41 bits per heavy atom. The first kappa shape index (κ1) is 30.1. The van der Waals surface area contributed by atoms with E-state index in [0.717, 1.165) is 50.8 Å². The standard InChI is InChI=1S/C28H38ClN7O3/c1-5-34(15-8-16-35(27(38)39)28(2,3)4)19-20-11-13-21(14-12-20)26(37)33-36(22-9-6-7-10-22)25-23(29)18-31-24(17-30)32-25/h11-14,18,22H,5-10,15-16,19H2,1-4H3,(H,33,37)(H,38,39). The van der Waals surface area contributed by atoms with Crippen LogP contribution in [0.4, 0.5) is 10.6 Å². The van der Waals surface area contributed by atoms with Crippen molar-refractivity contribution in [3.05, 3.63) is 52.4 Å². The van der Waals surface area contributed by atoms with E-state index in [0.29, 0.717) is 24.5 Å². The van der Waals surface area contributed by atoms with Crippen LogP contribution in [0.1, 0.15) is 81.5 Å². The fourth-order valence-corrected chi connectivity index (χ4v) is 4.96. The molecule has 1 aliphatic rings. The van der Waals surface area contributed by atoms with Crippen LogP contribution in [0.3, 0.4) is 0 Å². The van der Waals surface area contributed by atoms with Gasteiger partial charge < -0.3 is 10.0 Å². The molecule has 0 saturated heterocycles. The first-order valence-electron chi connectivity index (χ1n) is 13.4. The molecule has 11 heteroatoms. The fourth-order valence-electron chi connectivity index (χ4n) is 4.77. The number of carbonyl (C=O) groups is 2. The van der Waals surface area contributed by atoms with E-state index in [9.17, 15) is 20.0 Å². The highest BCUT2D eigenvalue weighted by Crippen LogP contribution is 2.30. The molecule has 2 N–H and O–H groups in total. The minimum absolute atomic E-state index is 0.00875. The lowest BCUT2D eigenvalue weighted by Gasteiger charge is -2.33. The number of hydrogen-bond acceptors (Lipinski definition) is 7. The minimum Gasteiger partial charge on any atom is -0.465 e. The third-order valence-corrected chi connectivity index (χ3v) is 7.20. The highest BCUT2D eigenvalue weighted by atomic mass is 35.5. The third kappa shape index (κ3) is 8.28. The maximum atomic E-state index is 13.2. The molecule has 10 nitrogen and oxygen atoms in total. The molecular weight excluding hydrogens is 518 g/mol. The van der Waals surface area contributed by atoms with Crippen molar-refractivity contribution in [3.8, 4) is 6.07 Å². The van der Waals surface area contributed by atoms with E-state index in [1.807, 2.05) is 39.0 Å². The Hall–Kier alpha value is -3.42. The molecule has 39 heavy (non-hydrogen) atoms. The van der Waals surface area contributed by atoms with Gasteiger partial charge in [-0.2, -0.15) is 10.2 Å². The number of nitriles is 1. The van der Waals surface area contributed by atoms with Crippen LogP contribution >= 0.6 is 11.6 Å². The van der Waals surface area contributed by atoms with Crippen LogP contribution in [-0.2, 0) is 6.54 Å². The molecule has 1 saturated carbocycles. The van der Waals surface area contributed by atoms with Crippen molar-refractivity contribution in [2.75, 3.05) is 24.6 Å². The van der Waals surface area contributed by atoms with E-state index in [2.05, 4.69) is 27.2 Å². The van der Waals surface area contributed by atoms with Gasteiger partial charge in [0.25, 0.3) is 5.91 Å². The lowest BCUT2D eigenvalue weighted by molar-refractivity contribution is 0.0939. The summed E-state index contributed by atoms with van der Waals surface area (Å²) in [5.41, 5.74) is 4.08. The molecular formula is C28H38ClN7O3. The monoisotopic (exact) mass is 555 g/mol. The Labute approximate surface area is 235 Å². The van der Waals surface area contributed by atoms with Crippen LogP contribution in [0.5, 0.6) is 0 Å². The predicted molar refractivity (Wildman–Crippen MR) is 150 cm³/mol. The SMILES string of the molecule is CCN(CCCN(C(=O)O)C(C)(C)C)Cc1ccc(C(=O)NN(c2nc(C#N)ncc2Cl)C2CCCC2)cc1. The first-order valence-corrected chi connectivity index (χ1v) is 13.8. The number of hydrazine groups is 1. The van der Waals surface area contributed by atoms with E-state index in [-0.39, 0.29) is 22.8 Å². The van der Waals surface area contributed by atoms with Gasteiger partial charge in [-0.1, -0.05) is 43.5 Å². The molecule has 210 valence electrons. The Morgan fingerprint density at radius 2 is 1.85 bits per heavy atom. The number of anilines is 1. The average molecular weight is 556 g/mol. The van der Waals surface area contributed by atoms with Gasteiger partial charge >= 0.3 is 6.09 Å². The molecule has 0 bridgehead atoms. The van der Waals surface area contributed by atoms with Crippen LogP contribution in [0.25, 0.3) is 0 Å². The van der Waals surface area contributed by atoms with E-state index < -0.39 is 11.6 Å². The van der Waals surface area contributed by atoms with Crippen molar-refractivity contribution in [1.29, 1.82) is 5.26 Å². The Morgan fingerprint density at radius 1 is 1.18 bits per heavy atom. The zero-order chi connectivity index (χ0) is 28.6. The van der Waals surface area contributed by atoms with E-state index >= 15 is 0 Å². The van der Waals surface area contributed by atoms with Gasteiger partial charge in [0.2, 0.25) is 5.82 Å². The second-order valence-corrected chi connectivity index (χ2v) is 11.2. The lowest BCUT2D eigenvalue weighted by Crippen LogP contribution is -2.48. The van der Waals surface area contributed by atoms with Crippen molar-refractivity contribution in [2.45, 2.75) is 77.9 Å². The summed E-state index contributed by atoms with van der Waals surface area (Å²) in [4.78, 5) is 36.7. The summed E-state index contributed by atoms with van der Waals surface area (Å²) < 4.78 is 0. The maximum absolute atomic E-state index is 13.2.